The molecule has 6 nitrogen and oxygen atoms in total. The van der Waals surface area contributed by atoms with E-state index in [0.29, 0.717) is 13.0 Å². The van der Waals surface area contributed by atoms with Gasteiger partial charge in [-0.1, -0.05) is 19.3 Å². The summed E-state index contributed by atoms with van der Waals surface area (Å²) in [6, 6.07) is 0.227. The molecule has 1 aliphatic heterocycles. The molecular formula is C18H33Cl2N5O. The van der Waals surface area contributed by atoms with Gasteiger partial charge in [0.1, 0.15) is 0 Å². The Balaban J connectivity index is 0.00000169. The summed E-state index contributed by atoms with van der Waals surface area (Å²) in [6.07, 6.45) is 12.6. The Morgan fingerprint density at radius 1 is 1.31 bits per heavy atom. The topological polar surface area (TPSA) is 76.2 Å². The zero-order chi connectivity index (χ0) is 17.0. The van der Waals surface area contributed by atoms with Gasteiger partial charge in [-0.05, 0) is 37.6 Å². The van der Waals surface area contributed by atoms with Gasteiger partial charge in [-0.15, -0.1) is 24.8 Å². The second-order valence-electron chi connectivity index (χ2n) is 7.67. The van der Waals surface area contributed by atoms with Crippen LogP contribution in [0.4, 0.5) is 5.69 Å². The van der Waals surface area contributed by atoms with Gasteiger partial charge in [0, 0.05) is 38.8 Å². The minimum Gasteiger partial charge on any atom is -0.367 e. The summed E-state index contributed by atoms with van der Waals surface area (Å²) < 4.78 is 1.83. The summed E-state index contributed by atoms with van der Waals surface area (Å²) in [5, 5.41) is 7.52. The Kier molecular flexibility index (Phi) is 9.21. The number of nitrogens with one attached hydrogen (secondary N) is 1. The number of nitrogens with two attached hydrogens (primary N) is 1. The fourth-order valence-corrected chi connectivity index (χ4v) is 4.28. The predicted molar refractivity (Wildman–Crippen MR) is 110 cm³/mol. The molecule has 2 fully saturated rings. The highest BCUT2D eigenvalue weighted by atomic mass is 35.5. The number of carbonyl (C=O) groups is 1. The van der Waals surface area contributed by atoms with Crippen molar-refractivity contribution >= 4 is 36.4 Å². The molecule has 1 aliphatic carbocycles. The summed E-state index contributed by atoms with van der Waals surface area (Å²) in [5.74, 6) is 0.181. The van der Waals surface area contributed by atoms with Crippen LogP contribution in [0.3, 0.4) is 0 Å². The number of aryl methyl sites for hydroxylation is 1. The molecule has 0 spiro atoms. The van der Waals surface area contributed by atoms with E-state index in [1.807, 2.05) is 24.1 Å². The SMILES string of the molecule is Cl.Cl.Cn1cc(N2CCCC(NC(=O)CC3(CN)CCCCC3)C2)cn1. The van der Waals surface area contributed by atoms with Crippen molar-refractivity contribution in [2.45, 2.75) is 57.4 Å². The summed E-state index contributed by atoms with van der Waals surface area (Å²) >= 11 is 0. The van der Waals surface area contributed by atoms with Crippen molar-refractivity contribution in [1.82, 2.24) is 15.1 Å². The zero-order valence-corrected chi connectivity index (χ0v) is 17.3. The van der Waals surface area contributed by atoms with Crippen LogP contribution >= 0.6 is 24.8 Å². The molecule has 1 aromatic rings. The van der Waals surface area contributed by atoms with Gasteiger partial charge in [0.2, 0.25) is 5.91 Å². The molecule has 1 saturated heterocycles. The first-order chi connectivity index (χ1) is 11.6. The van der Waals surface area contributed by atoms with Gasteiger partial charge < -0.3 is 16.0 Å². The highest BCUT2D eigenvalue weighted by Gasteiger charge is 2.33. The molecule has 3 N–H and O–H groups in total. The lowest BCUT2D eigenvalue weighted by Crippen LogP contribution is -2.49. The monoisotopic (exact) mass is 405 g/mol. The van der Waals surface area contributed by atoms with Gasteiger partial charge in [-0.25, -0.2) is 0 Å². The van der Waals surface area contributed by atoms with E-state index < -0.39 is 0 Å². The lowest BCUT2D eigenvalue weighted by atomic mass is 9.71. The first-order valence-corrected chi connectivity index (χ1v) is 9.33. The van der Waals surface area contributed by atoms with Crippen LogP contribution in [-0.4, -0.2) is 41.4 Å². The van der Waals surface area contributed by atoms with Crippen molar-refractivity contribution in [2.24, 2.45) is 18.2 Å². The number of carbonyl (C=O) groups excluding carboxylic acids is 1. The minimum atomic E-state index is 0. The molecule has 1 amide bonds. The molecule has 1 saturated carbocycles. The highest BCUT2D eigenvalue weighted by Crippen LogP contribution is 2.38. The molecule has 1 unspecified atom stereocenters. The number of piperidine rings is 1. The third-order valence-corrected chi connectivity index (χ3v) is 5.73. The van der Waals surface area contributed by atoms with Crippen LogP contribution in [0, 0.1) is 5.41 Å². The molecule has 2 heterocycles. The van der Waals surface area contributed by atoms with Crippen molar-refractivity contribution in [3.63, 3.8) is 0 Å². The number of aromatic nitrogens is 2. The smallest absolute Gasteiger partial charge is 0.220 e. The maximum absolute atomic E-state index is 12.6. The Bertz CT molecular complexity index is 560. The molecule has 0 radical (unpaired) electrons. The lowest BCUT2D eigenvalue weighted by Gasteiger charge is -2.37. The van der Waals surface area contributed by atoms with Gasteiger partial charge in [0.25, 0.3) is 0 Å². The Morgan fingerprint density at radius 3 is 2.65 bits per heavy atom. The summed E-state index contributed by atoms with van der Waals surface area (Å²) in [5.41, 5.74) is 7.21. The van der Waals surface area contributed by atoms with E-state index in [4.69, 9.17) is 5.73 Å². The van der Waals surface area contributed by atoms with Crippen molar-refractivity contribution < 1.29 is 4.79 Å². The molecular weight excluding hydrogens is 373 g/mol. The summed E-state index contributed by atoms with van der Waals surface area (Å²) in [7, 11) is 1.93. The average molecular weight is 406 g/mol. The number of anilines is 1. The summed E-state index contributed by atoms with van der Waals surface area (Å²) in [4.78, 5) is 14.9. The maximum atomic E-state index is 12.6. The number of rotatable bonds is 5. The van der Waals surface area contributed by atoms with E-state index >= 15 is 0 Å². The van der Waals surface area contributed by atoms with E-state index in [2.05, 4.69) is 15.3 Å². The van der Waals surface area contributed by atoms with Crippen LogP contribution in [0.1, 0.15) is 51.4 Å². The van der Waals surface area contributed by atoms with E-state index in [-0.39, 0.29) is 42.2 Å². The number of hydrogen-bond acceptors (Lipinski definition) is 4. The third kappa shape index (κ3) is 5.76. The van der Waals surface area contributed by atoms with Crippen molar-refractivity contribution in [3.05, 3.63) is 12.4 Å². The number of halogens is 2. The van der Waals surface area contributed by atoms with Crippen molar-refractivity contribution in [2.75, 3.05) is 24.5 Å². The standard InChI is InChI=1S/C18H31N5O.2ClH/c1-22-13-16(11-20-22)23-9-5-6-15(12-23)21-17(24)10-18(14-19)7-3-2-4-8-18;;/h11,13,15H,2-10,12,14,19H2,1H3,(H,21,24);2*1H. The van der Waals surface area contributed by atoms with Crippen LogP contribution in [0.5, 0.6) is 0 Å². The minimum absolute atomic E-state index is 0. The molecule has 1 aromatic heterocycles. The average Bonchev–Trinajstić information content (AvgIpc) is 3.02. The van der Waals surface area contributed by atoms with Gasteiger partial charge >= 0.3 is 0 Å². The Hall–Kier alpha value is -0.980. The fourth-order valence-electron chi connectivity index (χ4n) is 4.28. The first-order valence-electron chi connectivity index (χ1n) is 9.33. The Labute approximate surface area is 169 Å². The van der Waals surface area contributed by atoms with E-state index in [1.165, 1.54) is 19.3 Å². The highest BCUT2D eigenvalue weighted by molar-refractivity contribution is 5.85. The Morgan fingerprint density at radius 2 is 2.04 bits per heavy atom. The van der Waals surface area contributed by atoms with Gasteiger partial charge in [0.15, 0.2) is 0 Å². The van der Waals surface area contributed by atoms with Crippen molar-refractivity contribution in [3.8, 4) is 0 Å². The zero-order valence-electron chi connectivity index (χ0n) is 15.7. The molecule has 0 aromatic carbocycles. The van der Waals surface area contributed by atoms with Gasteiger partial charge in [-0.3, -0.25) is 9.48 Å². The second-order valence-corrected chi connectivity index (χ2v) is 7.67. The maximum Gasteiger partial charge on any atom is 0.220 e. The molecule has 0 bridgehead atoms. The molecule has 1 atom stereocenters. The molecule has 8 heteroatoms. The lowest BCUT2D eigenvalue weighted by molar-refractivity contribution is -0.124. The number of hydrogen-bond donors (Lipinski definition) is 2. The van der Waals surface area contributed by atoms with Crippen LogP contribution in [0.15, 0.2) is 12.4 Å². The summed E-state index contributed by atoms with van der Waals surface area (Å²) in [6.45, 7) is 2.53. The van der Waals surface area contributed by atoms with Crippen LogP contribution < -0.4 is 16.0 Å². The largest absolute Gasteiger partial charge is 0.367 e. The predicted octanol–water partition coefficient (Wildman–Crippen LogP) is 2.65. The number of amides is 1. The fraction of sp³-hybridized carbons (Fsp3) is 0.778. The van der Waals surface area contributed by atoms with E-state index in [1.54, 1.807) is 0 Å². The normalized spacial score (nSPS) is 22.1. The molecule has 2 aliphatic rings. The molecule has 26 heavy (non-hydrogen) atoms. The van der Waals surface area contributed by atoms with Crippen LogP contribution in [0.25, 0.3) is 0 Å². The first kappa shape index (κ1) is 23.1. The van der Waals surface area contributed by atoms with E-state index in [9.17, 15) is 4.79 Å². The number of nitrogens with zero attached hydrogens (tertiary/aromatic N) is 3. The van der Waals surface area contributed by atoms with Gasteiger partial charge in [0.05, 0.1) is 11.9 Å². The quantitative estimate of drug-likeness (QED) is 0.788. The third-order valence-electron chi connectivity index (χ3n) is 5.73. The van der Waals surface area contributed by atoms with Crippen LogP contribution in [-0.2, 0) is 11.8 Å². The second kappa shape index (κ2) is 10.4. The van der Waals surface area contributed by atoms with Crippen LogP contribution in [0.2, 0.25) is 0 Å². The molecule has 150 valence electrons. The molecule has 3 rings (SSSR count). The van der Waals surface area contributed by atoms with Gasteiger partial charge in [-0.2, -0.15) is 5.10 Å². The van der Waals surface area contributed by atoms with E-state index in [0.717, 1.165) is 44.5 Å². The van der Waals surface area contributed by atoms with Crippen molar-refractivity contribution in [1.29, 1.82) is 0 Å².